The highest BCUT2D eigenvalue weighted by Crippen LogP contribution is 2.36. The molecule has 1 saturated heterocycles. The van der Waals surface area contributed by atoms with Crippen LogP contribution in [0.4, 0.5) is 9.18 Å². The maximum Gasteiger partial charge on any atom is 0.325 e. The van der Waals surface area contributed by atoms with Gasteiger partial charge in [0.25, 0.3) is 5.91 Å². The highest BCUT2D eigenvalue weighted by atomic mass is 79.9. The zero-order valence-electron chi connectivity index (χ0n) is 15.2. The summed E-state index contributed by atoms with van der Waals surface area (Å²) in [6.07, 6.45) is 3.54. The van der Waals surface area contributed by atoms with Gasteiger partial charge in [0, 0.05) is 6.54 Å². The summed E-state index contributed by atoms with van der Waals surface area (Å²) in [7, 11) is 0. The van der Waals surface area contributed by atoms with Crippen molar-refractivity contribution in [3.8, 4) is 0 Å². The summed E-state index contributed by atoms with van der Waals surface area (Å²) in [5.41, 5.74) is 0.0402. The van der Waals surface area contributed by atoms with Crippen LogP contribution in [0.2, 0.25) is 0 Å². The van der Waals surface area contributed by atoms with Crippen LogP contribution < -0.4 is 10.6 Å². The van der Waals surface area contributed by atoms with Crippen molar-refractivity contribution in [2.45, 2.75) is 44.6 Å². The van der Waals surface area contributed by atoms with E-state index in [1.54, 1.807) is 12.1 Å². The normalized spacial score (nSPS) is 25.0. The maximum absolute atomic E-state index is 13.2. The third-order valence-electron chi connectivity index (χ3n) is 5.40. The predicted octanol–water partition coefficient (Wildman–Crippen LogP) is 2.75. The molecule has 2 aliphatic rings. The Morgan fingerprint density at radius 2 is 2.07 bits per heavy atom. The van der Waals surface area contributed by atoms with Gasteiger partial charge < -0.3 is 10.6 Å². The predicted molar refractivity (Wildman–Crippen MR) is 101 cm³/mol. The Balaban J connectivity index is 1.51. The third-order valence-corrected chi connectivity index (χ3v) is 6.00. The van der Waals surface area contributed by atoms with Gasteiger partial charge in [0.15, 0.2) is 0 Å². The number of halogens is 2. The van der Waals surface area contributed by atoms with E-state index in [-0.39, 0.29) is 24.2 Å². The number of imide groups is 1. The number of hydrogen-bond donors (Lipinski definition) is 2. The lowest BCUT2D eigenvalue weighted by atomic mass is 9.77. The molecule has 146 valence electrons. The quantitative estimate of drug-likeness (QED) is 0.692. The van der Waals surface area contributed by atoms with E-state index in [2.05, 4.69) is 33.5 Å². The number of carbonyl (C=O) groups excluding carboxylic acids is 3. The lowest BCUT2D eigenvalue weighted by Crippen LogP contribution is -2.50. The van der Waals surface area contributed by atoms with E-state index in [1.807, 2.05) is 0 Å². The first-order valence-electron chi connectivity index (χ1n) is 9.15. The van der Waals surface area contributed by atoms with Crippen LogP contribution in [0.25, 0.3) is 0 Å². The molecule has 1 aliphatic heterocycles. The Hall–Kier alpha value is -1.96. The number of hydrogen-bond acceptors (Lipinski definition) is 3. The van der Waals surface area contributed by atoms with Crippen LogP contribution in [0.15, 0.2) is 22.7 Å². The lowest BCUT2D eigenvalue weighted by Gasteiger charge is -2.33. The van der Waals surface area contributed by atoms with E-state index >= 15 is 0 Å². The largest absolute Gasteiger partial charge is 0.354 e. The number of carbonyl (C=O) groups is 3. The summed E-state index contributed by atoms with van der Waals surface area (Å²) >= 11 is 3.13. The molecule has 1 spiro atoms. The summed E-state index contributed by atoms with van der Waals surface area (Å²) < 4.78 is 13.6. The van der Waals surface area contributed by atoms with Crippen LogP contribution in [0, 0.1) is 11.7 Å². The first-order valence-corrected chi connectivity index (χ1v) is 9.95. The molecule has 1 heterocycles. The van der Waals surface area contributed by atoms with Crippen molar-refractivity contribution in [3.63, 3.8) is 0 Å². The van der Waals surface area contributed by atoms with Gasteiger partial charge in [-0.1, -0.05) is 13.0 Å². The Bertz CT molecular complexity index is 763. The second-order valence-electron chi connectivity index (χ2n) is 7.43. The fourth-order valence-electron chi connectivity index (χ4n) is 3.65. The molecule has 2 N–H and O–H groups in total. The second-order valence-corrected chi connectivity index (χ2v) is 8.29. The number of rotatable bonds is 5. The standard InChI is InChI=1S/C19H23BrFN3O3/c1-12-4-7-19(8-5-12)17(26)24(18(27)23-19)11-16(25)22-9-6-13-2-3-15(21)14(20)10-13/h2-3,10,12H,4-9,11H2,1H3,(H,22,25)(H,23,27). The average molecular weight is 440 g/mol. The van der Waals surface area contributed by atoms with Crippen LogP contribution in [0.1, 0.15) is 38.2 Å². The first kappa shape index (κ1) is 19.8. The Labute approximate surface area is 166 Å². The molecule has 6 nitrogen and oxygen atoms in total. The zero-order valence-corrected chi connectivity index (χ0v) is 16.8. The molecule has 1 aromatic carbocycles. The summed E-state index contributed by atoms with van der Waals surface area (Å²) in [5.74, 6) is -0.477. The molecule has 0 bridgehead atoms. The molecule has 1 aliphatic carbocycles. The molecular formula is C19H23BrFN3O3. The molecule has 1 saturated carbocycles. The summed E-state index contributed by atoms with van der Waals surface area (Å²) in [6, 6.07) is 4.18. The number of nitrogens with one attached hydrogen (secondary N) is 2. The molecule has 0 unspecified atom stereocenters. The number of benzene rings is 1. The smallest absolute Gasteiger partial charge is 0.325 e. The highest BCUT2D eigenvalue weighted by Gasteiger charge is 2.52. The first-order chi connectivity index (χ1) is 12.8. The van der Waals surface area contributed by atoms with E-state index in [0.717, 1.165) is 23.3 Å². The number of amides is 4. The van der Waals surface area contributed by atoms with Crippen molar-refractivity contribution in [1.82, 2.24) is 15.5 Å². The number of urea groups is 1. The van der Waals surface area contributed by atoms with Crippen molar-refractivity contribution in [3.05, 3.63) is 34.1 Å². The third kappa shape index (κ3) is 4.31. The molecule has 27 heavy (non-hydrogen) atoms. The van der Waals surface area contributed by atoms with Crippen LogP contribution >= 0.6 is 15.9 Å². The molecule has 1 aromatic rings. The van der Waals surface area contributed by atoms with Crippen molar-refractivity contribution in [1.29, 1.82) is 0 Å². The van der Waals surface area contributed by atoms with Crippen LogP contribution in [-0.2, 0) is 16.0 Å². The Morgan fingerprint density at radius 3 is 2.74 bits per heavy atom. The van der Waals surface area contributed by atoms with Crippen LogP contribution in [0.3, 0.4) is 0 Å². The van der Waals surface area contributed by atoms with Crippen molar-refractivity contribution < 1.29 is 18.8 Å². The van der Waals surface area contributed by atoms with Gasteiger partial charge in [0.2, 0.25) is 5.91 Å². The minimum atomic E-state index is -0.829. The topological polar surface area (TPSA) is 78.5 Å². The molecule has 0 aromatic heterocycles. The molecule has 0 radical (unpaired) electrons. The van der Waals surface area contributed by atoms with E-state index in [1.165, 1.54) is 6.07 Å². The molecule has 3 rings (SSSR count). The summed E-state index contributed by atoms with van der Waals surface area (Å²) in [5, 5.41) is 5.51. The van der Waals surface area contributed by atoms with Gasteiger partial charge >= 0.3 is 6.03 Å². The Kier molecular flexibility index (Phi) is 5.83. The van der Waals surface area contributed by atoms with Gasteiger partial charge in [-0.15, -0.1) is 0 Å². The maximum atomic E-state index is 13.2. The van der Waals surface area contributed by atoms with Crippen molar-refractivity contribution in [2.24, 2.45) is 5.92 Å². The molecular weight excluding hydrogens is 417 g/mol. The molecule has 4 amide bonds. The van der Waals surface area contributed by atoms with E-state index in [0.29, 0.717) is 36.2 Å². The summed E-state index contributed by atoms with van der Waals surface area (Å²) in [6.45, 7) is 2.19. The molecule has 8 heteroatoms. The van der Waals surface area contributed by atoms with E-state index in [4.69, 9.17) is 0 Å². The van der Waals surface area contributed by atoms with Crippen molar-refractivity contribution >= 4 is 33.8 Å². The minimum absolute atomic E-state index is 0.283. The van der Waals surface area contributed by atoms with E-state index < -0.39 is 11.6 Å². The monoisotopic (exact) mass is 439 g/mol. The fraction of sp³-hybridized carbons (Fsp3) is 0.526. The van der Waals surface area contributed by atoms with Gasteiger partial charge in [-0.05, 0) is 71.6 Å². The van der Waals surface area contributed by atoms with Crippen molar-refractivity contribution in [2.75, 3.05) is 13.1 Å². The van der Waals surface area contributed by atoms with Gasteiger partial charge in [-0.25, -0.2) is 9.18 Å². The lowest BCUT2D eigenvalue weighted by molar-refractivity contribution is -0.136. The molecule has 0 atom stereocenters. The van der Waals surface area contributed by atoms with Crippen LogP contribution in [-0.4, -0.2) is 41.4 Å². The summed E-state index contributed by atoms with van der Waals surface area (Å²) in [4.78, 5) is 38.1. The van der Waals surface area contributed by atoms with Gasteiger partial charge in [0.1, 0.15) is 17.9 Å². The molecule has 2 fully saturated rings. The highest BCUT2D eigenvalue weighted by molar-refractivity contribution is 9.10. The average Bonchev–Trinajstić information content (AvgIpc) is 2.85. The van der Waals surface area contributed by atoms with Gasteiger partial charge in [-0.2, -0.15) is 0 Å². The van der Waals surface area contributed by atoms with E-state index in [9.17, 15) is 18.8 Å². The minimum Gasteiger partial charge on any atom is -0.354 e. The fourth-order valence-corrected chi connectivity index (χ4v) is 4.08. The number of nitrogens with zero attached hydrogens (tertiary/aromatic N) is 1. The van der Waals surface area contributed by atoms with Crippen LogP contribution in [0.5, 0.6) is 0 Å². The SMILES string of the molecule is CC1CCC2(CC1)NC(=O)N(CC(=O)NCCc1ccc(F)c(Br)c1)C2=O. The van der Waals surface area contributed by atoms with Gasteiger partial charge in [-0.3, -0.25) is 14.5 Å². The van der Waals surface area contributed by atoms with Gasteiger partial charge in [0.05, 0.1) is 4.47 Å². The zero-order chi connectivity index (χ0) is 19.6. The Morgan fingerprint density at radius 1 is 1.37 bits per heavy atom. The second kappa shape index (κ2) is 7.96.